The molecule has 1 aromatic rings. The maximum absolute atomic E-state index is 10.9. The number of nitrogens with two attached hydrogens (primary N) is 1. The van der Waals surface area contributed by atoms with Gasteiger partial charge in [-0.2, -0.15) is 0 Å². The lowest BCUT2D eigenvalue weighted by Crippen LogP contribution is -2.19. The van der Waals surface area contributed by atoms with Gasteiger partial charge in [-0.05, 0) is 25.2 Å². The lowest BCUT2D eigenvalue weighted by molar-refractivity contribution is 0.0995. The molecular weight excluding hydrogens is 204 g/mol. The second-order valence-corrected chi connectivity index (χ2v) is 4.41. The molecule has 1 heterocycles. The number of rotatable bonds is 3. The molecule has 5 heteroatoms. The Hall–Kier alpha value is -1.65. The van der Waals surface area contributed by atoms with E-state index < -0.39 is 5.91 Å². The van der Waals surface area contributed by atoms with Crippen LogP contribution < -0.4 is 11.1 Å². The van der Waals surface area contributed by atoms with Crippen LogP contribution in [0, 0.1) is 5.92 Å². The van der Waals surface area contributed by atoms with Crippen LogP contribution >= 0.6 is 0 Å². The maximum Gasteiger partial charge on any atom is 0.268 e. The predicted octanol–water partition coefficient (Wildman–Crippen LogP) is 1.18. The highest BCUT2D eigenvalue weighted by atomic mass is 16.1. The van der Waals surface area contributed by atoms with Gasteiger partial charge in [0.15, 0.2) is 0 Å². The Morgan fingerprint density at radius 2 is 2.31 bits per heavy atom. The highest BCUT2D eigenvalue weighted by molar-refractivity contribution is 5.90. The lowest BCUT2D eigenvalue weighted by Gasteiger charge is -2.12. The van der Waals surface area contributed by atoms with Crippen LogP contribution in [0.25, 0.3) is 0 Å². The van der Waals surface area contributed by atoms with Gasteiger partial charge < -0.3 is 11.1 Å². The zero-order chi connectivity index (χ0) is 11.5. The molecule has 86 valence electrons. The second-order valence-electron chi connectivity index (χ2n) is 4.41. The minimum absolute atomic E-state index is 0.205. The SMILES string of the molecule is CC1CCC(Nc2cncc(C(N)=O)n2)C1. The van der Waals surface area contributed by atoms with Crippen LogP contribution in [0.15, 0.2) is 12.4 Å². The Morgan fingerprint density at radius 1 is 1.50 bits per heavy atom. The summed E-state index contributed by atoms with van der Waals surface area (Å²) in [7, 11) is 0. The first kappa shape index (κ1) is 10.9. The molecule has 0 saturated heterocycles. The van der Waals surface area contributed by atoms with Crippen molar-refractivity contribution in [2.75, 3.05) is 5.32 Å². The van der Waals surface area contributed by atoms with Gasteiger partial charge in [-0.3, -0.25) is 9.78 Å². The Balaban J connectivity index is 2.04. The average molecular weight is 220 g/mol. The monoisotopic (exact) mass is 220 g/mol. The van der Waals surface area contributed by atoms with Crippen molar-refractivity contribution in [3.63, 3.8) is 0 Å². The first-order valence-electron chi connectivity index (χ1n) is 5.53. The highest BCUT2D eigenvalue weighted by Gasteiger charge is 2.21. The van der Waals surface area contributed by atoms with Crippen LogP contribution in [-0.4, -0.2) is 21.9 Å². The van der Waals surface area contributed by atoms with Gasteiger partial charge in [0.05, 0.1) is 12.4 Å². The van der Waals surface area contributed by atoms with Crippen molar-refractivity contribution in [2.45, 2.75) is 32.2 Å². The highest BCUT2D eigenvalue weighted by Crippen LogP contribution is 2.26. The minimum Gasteiger partial charge on any atom is -0.366 e. The molecule has 2 unspecified atom stereocenters. The van der Waals surface area contributed by atoms with E-state index in [0.29, 0.717) is 11.9 Å². The first-order valence-corrected chi connectivity index (χ1v) is 5.53. The molecule has 1 aromatic heterocycles. The van der Waals surface area contributed by atoms with Crippen LogP contribution in [0.1, 0.15) is 36.7 Å². The number of nitrogens with zero attached hydrogens (tertiary/aromatic N) is 2. The topological polar surface area (TPSA) is 80.9 Å². The molecule has 0 bridgehead atoms. The molecule has 0 aromatic carbocycles. The molecule has 0 spiro atoms. The van der Waals surface area contributed by atoms with Crippen molar-refractivity contribution < 1.29 is 4.79 Å². The molecule has 2 atom stereocenters. The van der Waals surface area contributed by atoms with E-state index in [2.05, 4.69) is 22.2 Å². The molecule has 5 nitrogen and oxygen atoms in total. The molecule has 1 amide bonds. The van der Waals surface area contributed by atoms with E-state index in [9.17, 15) is 4.79 Å². The van der Waals surface area contributed by atoms with Crippen LogP contribution in [0.4, 0.5) is 5.82 Å². The smallest absolute Gasteiger partial charge is 0.268 e. The minimum atomic E-state index is -0.545. The second kappa shape index (κ2) is 4.47. The number of carbonyl (C=O) groups excluding carboxylic acids is 1. The maximum atomic E-state index is 10.9. The van der Waals surface area contributed by atoms with Crippen molar-refractivity contribution in [1.82, 2.24) is 9.97 Å². The van der Waals surface area contributed by atoms with Gasteiger partial charge in [0.1, 0.15) is 11.5 Å². The number of aromatic nitrogens is 2. The van der Waals surface area contributed by atoms with E-state index in [4.69, 9.17) is 5.73 Å². The van der Waals surface area contributed by atoms with E-state index >= 15 is 0 Å². The molecule has 1 saturated carbocycles. The van der Waals surface area contributed by atoms with Crippen LogP contribution in [0.2, 0.25) is 0 Å². The van der Waals surface area contributed by atoms with Gasteiger partial charge in [0.2, 0.25) is 0 Å². The number of hydrogen-bond donors (Lipinski definition) is 2. The van der Waals surface area contributed by atoms with E-state index in [1.807, 2.05) is 0 Å². The number of primary amides is 1. The fourth-order valence-electron chi connectivity index (χ4n) is 2.10. The quantitative estimate of drug-likeness (QED) is 0.801. The van der Waals surface area contributed by atoms with Gasteiger partial charge in [0, 0.05) is 6.04 Å². The normalized spacial score (nSPS) is 24.3. The number of nitrogens with one attached hydrogen (secondary N) is 1. The van der Waals surface area contributed by atoms with Gasteiger partial charge in [-0.15, -0.1) is 0 Å². The zero-order valence-electron chi connectivity index (χ0n) is 9.31. The summed E-state index contributed by atoms with van der Waals surface area (Å²) >= 11 is 0. The van der Waals surface area contributed by atoms with E-state index in [0.717, 1.165) is 18.8 Å². The largest absolute Gasteiger partial charge is 0.366 e. The summed E-state index contributed by atoms with van der Waals surface area (Å²) in [6, 6.07) is 0.437. The Labute approximate surface area is 94.5 Å². The third-order valence-corrected chi connectivity index (χ3v) is 2.93. The molecule has 16 heavy (non-hydrogen) atoms. The molecule has 1 aliphatic carbocycles. The number of hydrogen-bond acceptors (Lipinski definition) is 4. The van der Waals surface area contributed by atoms with Crippen LogP contribution in [0.5, 0.6) is 0 Å². The summed E-state index contributed by atoms with van der Waals surface area (Å²) < 4.78 is 0. The van der Waals surface area contributed by atoms with Gasteiger partial charge in [0.25, 0.3) is 5.91 Å². The fraction of sp³-hybridized carbons (Fsp3) is 0.545. The third kappa shape index (κ3) is 2.48. The van der Waals surface area contributed by atoms with Crippen molar-refractivity contribution in [1.29, 1.82) is 0 Å². The Morgan fingerprint density at radius 3 is 2.94 bits per heavy atom. The van der Waals surface area contributed by atoms with Crippen molar-refractivity contribution in [3.8, 4) is 0 Å². The standard InChI is InChI=1S/C11H16N4O/c1-7-2-3-8(4-7)14-10-6-13-5-9(15-10)11(12)16/h5-8H,2-4H2,1H3,(H2,12,16)(H,14,15). The van der Waals surface area contributed by atoms with Crippen molar-refractivity contribution >= 4 is 11.7 Å². The molecular formula is C11H16N4O. The number of carbonyl (C=O) groups is 1. The lowest BCUT2D eigenvalue weighted by atomic mass is 10.1. The van der Waals surface area contributed by atoms with Gasteiger partial charge in [-0.1, -0.05) is 6.92 Å². The summed E-state index contributed by atoms with van der Waals surface area (Å²) in [6.07, 6.45) is 6.52. The first-order chi connectivity index (χ1) is 7.65. The van der Waals surface area contributed by atoms with Gasteiger partial charge >= 0.3 is 0 Å². The predicted molar refractivity (Wildman–Crippen MR) is 61.0 cm³/mol. The fourth-order valence-corrected chi connectivity index (χ4v) is 2.10. The van der Waals surface area contributed by atoms with E-state index in [1.165, 1.54) is 12.6 Å². The van der Waals surface area contributed by atoms with Crippen LogP contribution in [0.3, 0.4) is 0 Å². The van der Waals surface area contributed by atoms with Gasteiger partial charge in [-0.25, -0.2) is 4.98 Å². The summed E-state index contributed by atoms with van der Waals surface area (Å²) in [5.74, 6) is 0.844. The van der Waals surface area contributed by atoms with E-state index in [-0.39, 0.29) is 5.69 Å². The molecule has 2 rings (SSSR count). The summed E-state index contributed by atoms with van der Waals surface area (Å²) in [6.45, 7) is 2.24. The summed E-state index contributed by atoms with van der Waals surface area (Å²) in [5, 5.41) is 3.29. The summed E-state index contributed by atoms with van der Waals surface area (Å²) in [5.41, 5.74) is 5.35. The Bertz CT molecular complexity index is 393. The molecule has 3 N–H and O–H groups in total. The van der Waals surface area contributed by atoms with Crippen molar-refractivity contribution in [2.24, 2.45) is 11.7 Å². The molecule has 0 radical (unpaired) electrons. The zero-order valence-corrected chi connectivity index (χ0v) is 9.31. The van der Waals surface area contributed by atoms with Crippen LogP contribution in [-0.2, 0) is 0 Å². The Kier molecular flexibility index (Phi) is 3.03. The molecule has 0 aliphatic heterocycles. The van der Waals surface area contributed by atoms with Crippen molar-refractivity contribution in [3.05, 3.63) is 18.1 Å². The number of amides is 1. The molecule has 1 aliphatic rings. The third-order valence-electron chi connectivity index (χ3n) is 2.93. The average Bonchev–Trinajstić information content (AvgIpc) is 2.64. The number of anilines is 1. The van der Waals surface area contributed by atoms with E-state index in [1.54, 1.807) is 6.20 Å². The summed E-state index contributed by atoms with van der Waals surface area (Å²) in [4.78, 5) is 19.0. The molecule has 1 fully saturated rings.